The van der Waals surface area contributed by atoms with Crippen LogP contribution in [0.2, 0.25) is 0 Å². The normalized spacial score (nSPS) is 17.6. The van der Waals surface area contributed by atoms with E-state index in [2.05, 4.69) is 24.1 Å². The molecule has 0 spiro atoms. The van der Waals surface area contributed by atoms with E-state index in [0.29, 0.717) is 11.8 Å². The maximum atomic E-state index is 9.46. The maximum Gasteiger partial charge on any atom is 0.161 e. The molecule has 0 bridgehead atoms. The van der Waals surface area contributed by atoms with Gasteiger partial charge in [-0.1, -0.05) is 12.1 Å². The molecule has 0 unspecified atom stereocenters. The summed E-state index contributed by atoms with van der Waals surface area (Å²) in [6.45, 7) is 1.02. The molecule has 2 aromatic carbocycles. The highest BCUT2D eigenvalue weighted by molar-refractivity contribution is 5.49. The van der Waals surface area contributed by atoms with Crippen molar-refractivity contribution < 1.29 is 14.6 Å². The summed E-state index contributed by atoms with van der Waals surface area (Å²) in [5.41, 5.74) is 3.83. The maximum absolute atomic E-state index is 9.46. The number of ether oxygens (including phenoxy) is 2. The first kappa shape index (κ1) is 15.7. The lowest BCUT2D eigenvalue weighted by molar-refractivity contribution is 0.228. The first-order valence-electron chi connectivity index (χ1n) is 7.85. The summed E-state index contributed by atoms with van der Waals surface area (Å²) in [6, 6.07) is 12.0. The van der Waals surface area contributed by atoms with Gasteiger partial charge in [-0.15, -0.1) is 0 Å². The molecule has 0 fully saturated rings. The minimum atomic E-state index is 0.295. The number of phenolic OH excluding ortho intramolecular Hbond substituents is 1. The van der Waals surface area contributed by atoms with E-state index in [0.717, 1.165) is 30.9 Å². The lowest BCUT2D eigenvalue weighted by Gasteiger charge is -2.35. The molecule has 0 aromatic heterocycles. The zero-order valence-electron chi connectivity index (χ0n) is 13.9. The van der Waals surface area contributed by atoms with Gasteiger partial charge in [0.25, 0.3) is 0 Å². The molecular formula is C19H23NO3. The van der Waals surface area contributed by atoms with E-state index >= 15 is 0 Å². The van der Waals surface area contributed by atoms with Crippen LogP contribution < -0.4 is 9.47 Å². The van der Waals surface area contributed by atoms with Crippen molar-refractivity contribution in [3.8, 4) is 17.2 Å². The Morgan fingerprint density at radius 2 is 1.74 bits per heavy atom. The molecule has 0 saturated heterocycles. The molecule has 1 N–H and O–H groups in total. The van der Waals surface area contributed by atoms with Gasteiger partial charge in [0, 0.05) is 12.6 Å². The van der Waals surface area contributed by atoms with Crippen molar-refractivity contribution in [3.05, 3.63) is 53.1 Å². The highest BCUT2D eigenvalue weighted by Crippen LogP contribution is 2.38. The number of aromatic hydroxyl groups is 1. The number of hydrogen-bond acceptors (Lipinski definition) is 4. The Morgan fingerprint density at radius 1 is 1.09 bits per heavy atom. The fourth-order valence-corrected chi connectivity index (χ4v) is 3.27. The van der Waals surface area contributed by atoms with Gasteiger partial charge in [0.1, 0.15) is 5.75 Å². The summed E-state index contributed by atoms with van der Waals surface area (Å²) in [7, 11) is 5.50. The summed E-state index contributed by atoms with van der Waals surface area (Å²) < 4.78 is 10.9. The number of benzene rings is 2. The first-order chi connectivity index (χ1) is 11.1. The zero-order chi connectivity index (χ0) is 16.4. The topological polar surface area (TPSA) is 41.9 Å². The minimum absolute atomic E-state index is 0.295. The van der Waals surface area contributed by atoms with Crippen molar-refractivity contribution in [1.29, 1.82) is 0 Å². The number of phenols is 1. The molecule has 0 radical (unpaired) electrons. The van der Waals surface area contributed by atoms with Gasteiger partial charge in [-0.3, -0.25) is 4.90 Å². The van der Waals surface area contributed by atoms with Crippen LogP contribution in [0, 0.1) is 0 Å². The molecule has 1 aliphatic heterocycles. The number of rotatable bonds is 4. The molecule has 0 saturated carbocycles. The van der Waals surface area contributed by atoms with E-state index in [4.69, 9.17) is 9.47 Å². The first-order valence-corrected chi connectivity index (χ1v) is 7.85. The van der Waals surface area contributed by atoms with Crippen molar-refractivity contribution in [2.75, 3.05) is 27.8 Å². The molecule has 122 valence electrons. The Balaban J connectivity index is 1.96. The Hall–Kier alpha value is -2.20. The average Bonchev–Trinajstić information content (AvgIpc) is 2.58. The van der Waals surface area contributed by atoms with Crippen LogP contribution in [0.1, 0.15) is 22.7 Å². The third-order valence-corrected chi connectivity index (χ3v) is 4.64. The van der Waals surface area contributed by atoms with Gasteiger partial charge >= 0.3 is 0 Å². The van der Waals surface area contributed by atoms with Crippen LogP contribution in [0.5, 0.6) is 17.2 Å². The predicted octanol–water partition coefficient (Wildman–Crippen LogP) is 3.18. The molecule has 3 rings (SSSR count). The summed E-state index contributed by atoms with van der Waals surface area (Å²) in [6.07, 6.45) is 1.91. The zero-order valence-corrected chi connectivity index (χ0v) is 13.9. The van der Waals surface area contributed by atoms with E-state index in [1.165, 1.54) is 16.7 Å². The molecular weight excluding hydrogens is 290 g/mol. The number of nitrogens with zero attached hydrogens (tertiary/aromatic N) is 1. The van der Waals surface area contributed by atoms with E-state index < -0.39 is 0 Å². The molecule has 1 aliphatic rings. The molecule has 4 nitrogen and oxygen atoms in total. The van der Waals surface area contributed by atoms with Crippen molar-refractivity contribution in [1.82, 2.24) is 4.90 Å². The van der Waals surface area contributed by atoms with Crippen LogP contribution in [0.15, 0.2) is 36.4 Å². The second kappa shape index (κ2) is 6.50. The molecule has 1 heterocycles. The number of hydrogen-bond donors (Lipinski definition) is 1. The Bertz CT molecular complexity index is 682. The van der Waals surface area contributed by atoms with Crippen LogP contribution in [-0.2, 0) is 12.8 Å². The third-order valence-electron chi connectivity index (χ3n) is 4.64. The van der Waals surface area contributed by atoms with Crippen molar-refractivity contribution in [3.63, 3.8) is 0 Å². The van der Waals surface area contributed by atoms with Crippen LogP contribution in [0.4, 0.5) is 0 Å². The van der Waals surface area contributed by atoms with E-state index in [-0.39, 0.29) is 0 Å². The van der Waals surface area contributed by atoms with Gasteiger partial charge in [0.05, 0.1) is 14.2 Å². The molecule has 4 heteroatoms. The standard InChI is InChI=1S/C19H23NO3/c1-20-9-8-14-11-18(22-2)19(23-3)12-16(14)17(20)10-13-4-6-15(21)7-5-13/h4-7,11-12,17,21H,8-10H2,1-3H3/t17-/m0/s1. The van der Waals surface area contributed by atoms with Crippen LogP contribution in [0.25, 0.3) is 0 Å². The van der Waals surface area contributed by atoms with Crippen LogP contribution in [-0.4, -0.2) is 37.8 Å². The van der Waals surface area contributed by atoms with Gasteiger partial charge in [-0.25, -0.2) is 0 Å². The van der Waals surface area contributed by atoms with E-state index in [1.54, 1.807) is 26.4 Å². The van der Waals surface area contributed by atoms with Gasteiger partial charge in [-0.05, 0) is 60.8 Å². The third kappa shape index (κ3) is 3.13. The number of fused-ring (bicyclic) bond motifs is 1. The highest BCUT2D eigenvalue weighted by Gasteiger charge is 2.27. The lowest BCUT2D eigenvalue weighted by atomic mass is 9.88. The van der Waals surface area contributed by atoms with Crippen molar-refractivity contribution in [2.24, 2.45) is 0 Å². The number of methoxy groups -OCH3 is 2. The lowest BCUT2D eigenvalue weighted by Crippen LogP contribution is -2.33. The molecule has 0 aliphatic carbocycles. The Morgan fingerprint density at radius 3 is 2.39 bits per heavy atom. The second-order valence-electron chi connectivity index (χ2n) is 6.02. The smallest absolute Gasteiger partial charge is 0.161 e. The quantitative estimate of drug-likeness (QED) is 0.941. The second-order valence-corrected chi connectivity index (χ2v) is 6.02. The molecule has 23 heavy (non-hydrogen) atoms. The fourth-order valence-electron chi connectivity index (χ4n) is 3.27. The summed E-state index contributed by atoms with van der Waals surface area (Å²) in [5, 5.41) is 9.46. The van der Waals surface area contributed by atoms with Gasteiger partial charge in [0.15, 0.2) is 11.5 Å². The van der Waals surface area contributed by atoms with Crippen LogP contribution >= 0.6 is 0 Å². The largest absolute Gasteiger partial charge is 0.508 e. The van der Waals surface area contributed by atoms with E-state index in [9.17, 15) is 5.11 Å². The van der Waals surface area contributed by atoms with Gasteiger partial charge in [0.2, 0.25) is 0 Å². The minimum Gasteiger partial charge on any atom is -0.508 e. The van der Waals surface area contributed by atoms with Gasteiger partial charge in [-0.2, -0.15) is 0 Å². The highest BCUT2D eigenvalue weighted by atomic mass is 16.5. The Kier molecular flexibility index (Phi) is 4.44. The number of likely N-dealkylation sites (N-methyl/N-ethyl adjacent to an activating group) is 1. The van der Waals surface area contributed by atoms with E-state index in [1.807, 2.05) is 12.1 Å². The van der Waals surface area contributed by atoms with Crippen LogP contribution in [0.3, 0.4) is 0 Å². The van der Waals surface area contributed by atoms with Gasteiger partial charge < -0.3 is 14.6 Å². The fraction of sp³-hybridized carbons (Fsp3) is 0.368. The molecule has 2 aromatic rings. The summed E-state index contributed by atoms with van der Waals surface area (Å²) in [4.78, 5) is 2.38. The summed E-state index contributed by atoms with van der Waals surface area (Å²) in [5.74, 6) is 1.87. The Labute approximate surface area is 137 Å². The molecule has 0 amide bonds. The molecule has 1 atom stereocenters. The monoisotopic (exact) mass is 313 g/mol. The summed E-state index contributed by atoms with van der Waals surface area (Å²) >= 11 is 0. The van der Waals surface area contributed by atoms with Crippen molar-refractivity contribution in [2.45, 2.75) is 18.9 Å². The van der Waals surface area contributed by atoms with Crippen molar-refractivity contribution >= 4 is 0 Å². The predicted molar refractivity (Wildman–Crippen MR) is 90.4 cm³/mol. The SMILES string of the molecule is COc1cc2c(cc1OC)[C@H](Cc1ccc(O)cc1)N(C)CC2. The average molecular weight is 313 g/mol.